The predicted molar refractivity (Wildman–Crippen MR) is 74.9 cm³/mol. The maximum absolute atomic E-state index is 10.7. The molecule has 0 bridgehead atoms. The van der Waals surface area contributed by atoms with Gasteiger partial charge in [0.1, 0.15) is 11.5 Å². The fourth-order valence-electron chi connectivity index (χ4n) is 2.02. The van der Waals surface area contributed by atoms with Crippen LogP contribution in [0.25, 0.3) is 0 Å². The number of phenols is 2. The lowest BCUT2D eigenvalue weighted by Crippen LogP contribution is -2.07. The van der Waals surface area contributed by atoms with Gasteiger partial charge in [0.2, 0.25) is 0 Å². The predicted octanol–water partition coefficient (Wildman–Crippen LogP) is 3.18. The van der Waals surface area contributed by atoms with E-state index in [1.165, 1.54) is 30.3 Å². The quantitative estimate of drug-likeness (QED) is 0.587. The molecule has 20 heavy (non-hydrogen) atoms. The van der Waals surface area contributed by atoms with Gasteiger partial charge in [-0.1, -0.05) is 12.1 Å². The molecule has 0 spiro atoms. The maximum atomic E-state index is 10.7. The summed E-state index contributed by atoms with van der Waals surface area (Å²) in [6, 6.07) is 10.1. The van der Waals surface area contributed by atoms with Crippen molar-refractivity contribution in [1.82, 2.24) is 0 Å². The van der Waals surface area contributed by atoms with E-state index < -0.39 is 11.0 Å². The Kier molecular flexibility index (Phi) is 3.74. The molecule has 0 saturated heterocycles. The zero-order valence-electron chi connectivity index (χ0n) is 10.8. The third kappa shape index (κ3) is 2.80. The molecule has 2 aromatic rings. The van der Waals surface area contributed by atoms with Crippen molar-refractivity contribution in [2.75, 3.05) is 5.32 Å². The van der Waals surface area contributed by atoms with Gasteiger partial charge in [-0.25, -0.2) is 0 Å². The third-order valence-corrected chi connectivity index (χ3v) is 2.93. The first-order valence-corrected chi connectivity index (χ1v) is 6.01. The van der Waals surface area contributed by atoms with Crippen LogP contribution in [0.1, 0.15) is 18.5 Å². The Morgan fingerprint density at radius 1 is 1.15 bits per heavy atom. The van der Waals surface area contributed by atoms with Crippen LogP contribution < -0.4 is 5.32 Å². The summed E-state index contributed by atoms with van der Waals surface area (Å²) in [5.74, 6) is -0.0640. The van der Waals surface area contributed by atoms with E-state index in [0.29, 0.717) is 11.3 Å². The normalized spacial score (nSPS) is 11.8. The van der Waals surface area contributed by atoms with E-state index in [2.05, 4.69) is 5.32 Å². The first-order valence-electron chi connectivity index (χ1n) is 6.01. The van der Waals surface area contributed by atoms with E-state index in [-0.39, 0.29) is 17.2 Å². The zero-order chi connectivity index (χ0) is 14.7. The number of nitrogens with zero attached hydrogens (tertiary/aromatic N) is 1. The lowest BCUT2D eigenvalue weighted by Gasteiger charge is -2.17. The van der Waals surface area contributed by atoms with Gasteiger partial charge in [0.05, 0.1) is 16.5 Å². The molecule has 2 aromatic carbocycles. The number of hydrogen-bond donors (Lipinski definition) is 3. The molecule has 1 atom stereocenters. The van der Waals surface area contributed by atoms with E-state index in [0.717, 1.165) is 0 Å². The number of aromatic hydroxyl groups is 2. The highest BCUT2D eigenvalue weighted by molar-refractivity contribution is 5.54. The molecule has 6 heteroatoms. The number of anilines is 1. The topological polar surface area (TPSA) is 95.6 Å². The van der Waals surface area contributed by atoms with Crippen molar-refractivity contribution >= 4 is 11.4 Å². The highest BCUT2D eigenvalue weighted by atomic mass is 16.6. The molecule has 0 fully saturated rings. The van der Waals surface area contributed by atoms with E-state index in [1.54, 1.807) is 19.1 Å². The summed E-state index contributed by atoms with van der Waals surface area (Å²) < 4.78 is 0. The molecule has 0 amide bonds. The van der Waals surface area contributed by atoms with Gasteiger partial charge in [-0.3, -0.25) is 10.1 Å². The van der Waals surface area contributed by atoms with Gasteiger partial charge in [0.15, 0.2) is 0 Å². The molecule has 1 unspecified atom stereocenters. The largest absolute Gasteiger partial charge is 0.507 e. The van der Waals surface area contributed by atoms with Gasteiger partial charge >= 0.3 is 0 Å². The Balaban J connectivity index is 2.26. The third-order valence-electron chi connectivity index (χ3n) is 2.93. The number of non-ortho nitro benzene ring substituents is 1. The van der Waals surface area contributed by atoms with Gasteiger partial charge in [-0.2, -0.15) is 0 Å². The molecular weight excluding hydrogens is 260 g/mol. The summed E-state index contributed by atoms with van der Waals surface area (Å²) in [7, 11) is 0. The van der Waals surface area contributed by atoms with Crippen molar-refractivity contribution in [2.45, 2.75) is 13.0 Å². The molecule has 3 N–H and O–H groups in total. The molecule has 0 heterocycles. The first kappa shape index (κ1) is 13.7. The number of hydrogen-bond acceptors (Lipinski definition) is 5. The fourth-order valence-corrected chi connectivity index (χ4v) is 2.02. The molecular formula is C14H14N2O4. The Labute approximate surface area is 115 Å². The maximum Gasteiger partial charge on any atom is 0.271 e. The highest BCUT2D eigenvalue weighted by Crippen LogP contribution is 2.34. The summed E-state index contributed by atoms with van der Waals surface area (Å²) in [5.41, 5.74) is 0.858. The van der Waals surface area contributed by atoms with Crippen LogP contribution in [0.5, 0.6) is 11.5 Å². The Bertz CT molecular complexity index is 623. The average molecular weight is 274 g/mol. The number of nitro benzene ring substituents is 1. The summed E-state index contributed by atoms with van der Waals surface area (Å²) in [6.07, 6.45) is 0. The zero-order valence-corrected chi connectivity index (χ0v) is 10.8. The Hall–Kier alpha value is -2.76. The van der Waals surface area contributed by atoms with Crippen LogP contribution in [0.3, 0.4) is 0 Å². The fraction of sp³-hybridized carbons (Fsp3) is 0.143. The molecule has 0 aliphatic rings. The number of nitrogens with one attached hydrogen (secondary N) is 1. The summed E-state index contributed by atoms with van der Waals surface area (Å²) >= 11 is 0. The molecule has 2 rings (SSSR count). The van der Waals surface area contributed by atoms with E-state index in [1.807, 2.05) is 0 Å². The van der Waals surface area contributed by atoms with Gasteiger partial charge in [0.25, 0.3) is 5.69 Å². The van der Waals surface area contributed by atoms with Crippen molar-refractivity contribution < 1.29 is 15.1 Å². The van der Waals surface area contributed by atoms with Gasteiger partial charge in [0, 0.05) is 17.8 Å². The minimum Gasteiger partial charge on any atom is -0.507 e. The van der Waals surface area contributed by atoms with Crippen LogP contribution in [-0.2, 0) is 0 Å². The lowest BCUT2D eigenvalue weighted by atomic mass is 10.1. The number of rotatable bonds is 4. The Morgan fingerprint density at radius 2 is 1.75 bits per heavy atom. The minimum atomic E-state index is -0.479. The highest BCUT2D eigenvalue weighted by Gasteiger charge is 2.15. The average Bonchev–Trinajstić information content (AvgIpc) is 2.38. The first-order chi connectivity index (χ1) is 9.49. The van der Waals surface area contributed by atoms with E-state index >= 15 is 0 Å². The number of phenolic OH excluding ortho intramolecular Hbond substituents is 2. The number of nitro groups is 1. The van der Waals surface area contributed by atoms with Crippen LogP contribution in [0.4, 0.5) is 11.4 Å². The molecule has 6 nitrogen and oxygen atoms in total. The molecule has 0 radical (unpaired) electrons. The number of benzene rings is 2. The summed E-state index contributed by atoms with van der Waals surface area (Å²) in [5, 5.41) is 33.3. The van der Waals surface area contributed by atoms with Crippen molar-refractivity contribution in [2.24, 2.45) is 0 Å². The smallest absolute Gasteiger partial charge is 0.271 e. The second kappa shape index (κ2) is 5.48. The molecule has 0 aliphatic carbocycles. The van der Waals surface area contributed by atoms with Crippen molar-refractivity contribution in [3.63, 3.8) is 0 Å². The molecule has 0 saturated carbocycles. The van der Waals surface area contributed by atoms with E-state index in [4.69, 9.17) is 0 Å². The summed E-state index contributed by atoms with van der Waals surface area (Å²) in [6.45, 7) is 1.74. The summed E-state index contributed by atoms with van der Waals surface area (Å²) in [4.78, 5) is 10.2. The standard InChI is InChI=1S/C14H14N2O4/c1-9(14-12(17)6-3-7-13(14)18)15-10-4-2-5-11(8-10)16(19)20/h2-9,15,17-18H,1H3. The SMILES string of the molecule is CC(Nc1cccc([N+](=O)[O-])c1)c1c(O)cccc1O. The second-order valence-electron chi connectivity index (χ2n) is 4.38. The van der Waals surface area contributed by atoms with Crippen LogP contribution >= 0.6 is 0 Å². The molecule has 0 aliphatic heterocycles. The van der Waals surface area contributed by atoms with Crippen molar-refractivity contribution in [1.29, 1.82) is 0 Å². The molecule has 0 aromatic heterocycles. The van der Waals surface area contributed by atoms with Gasteiger partial charge in [-0.15, -0.1) is 0 Å². The van der Waals surface area contributed by atoms with Crippen molar-refractivity contribution in [3.05, 3.63) is 58.1 Å². The van der Waals surface area contributed by atoms with Gasteiger partial charge in [-0.05, 0) is 25.1 Å². The second-order valence-corrected chi connectivity index (χ2v) is 4.38. The lowest BCUT2D eigenvalue weighted by molar-refractivity contribution is -0.384. The van der Waals surface area contributed by atoms with Crippen LogP contribution in [0.15, 0.2) is 42.5 Å². The van der Waals surface area contributed by atoms with Crippen molar-refractivity contribution in [3.8, 4) is 11.5 Å². The van der Waals surface area contributed by atoms with Crippen LogP contribution in [0.2, 0.25) is 0 Å². The minimum absolute atomic E-state index is 0.0243. The molecule has 104 valence electrons. The van der Waals surface area contributed by atoms with Crippen LogP contribution in [-0.4, -0.2) is 15.1 Å². The monoisotopic (exact) mass is 274 g/mol. The Morgan fingerprint density at radius 3 is 2.35 bits per heavy atom. The van der Waals surface area contributed by atoms with E-state index in [9.17, 15) is 20.3 Å². The van der Waals surface area contributed by atoms with Gasteiger partial charge < -0.3 is 15.5 Å². The van der Waals surface area contributed by atoms with Crippen LogP contribution in [0, 0.1) is 10.1 Å².